The molecule has 6 heteroatoms. The predicted molar refractivity (Wildman–Crippen MR) is 92.9 cm³/mol. The van der Waals surface area contributed by atoms with Gasteiger partial charge < -0.3 is 10.6 Å². The van der Waals surface area contributed by atoms with E-state index in [9.17, 15) is 4.79 Å². The van der Waals surface area contributed by atoms with Gasteiger partial charge in [0.05, 0.1) is 11.2 Å². The van der Waals surface area contributed by atoms with Crippen molar-refractivity contribution in [2.75, 3.05) is 6.54 Å². The Morgan fingerprint density at radius 2 is 2.22 bits per heavy atom. The molecule has 2 N–H and O–H groups in total. The van der Waals surface area contributed by atoms with E-state index in [1.54, 1.807) is 6.20 Å². The van der Waals surface area contributed by atoms with Crippen molar-refractivity contribution < 1.29 is 4.79 Å². The highest BCUT2D eigenvalue weighted by atomic mass is 35.5. The molecule has 0 spiro atoms. The molecule has 1 unspecified atom stereocenters. The van der Waals surface area contributed by atoms with Crippen LogP contribution < -0.4 is 10.6 Å². The summed E-state index contributed by atoms with van der Waals surface area (Å²) in [4.78, 5) is 12.6. The summed E-state index contributed by atoms with van der Waals surface area (Å²) in [6.07, 6.45) is 6.46. The first-order valence-corrected chi connectivity index (χ1v) is 7.86. The fraction of sp³-hybridized carbons (Fsp3) is 0.412. The Morgan fingerprint density at radius 1 is 1.39 bits per heavy atom. The monoisotopic (exact) mass is 334 g/mol. The minimum absolute atomic E-state index is 0. The Labute approximate surface area is 142 Å². The summed E-state index contributed by atoms with van der Waals surface area (Å²) in [7, 11) is 0. The SMILES string of the molecule is CCC1(C(=O)NCc2ccccc2-n2cccn2)CCCN1.Cl. The number of hydrogen-bond acceptors (Lipinski definition) is 3. The first kappa shape index (κ1) is 17.5. The van der Waals surface area contributed by atoms with E-state index < -0.39 is 0 Å². The third-order valence-electron chi connectivity index (χ3n) is 4.46. The van der Waals surface area contributed by atoms with Crippen LogP contribution in [0.3, 0.4) is 0 Å². The van der Waals surface area contributed by atoms with Gasteiger partial charge in [0.1, 0.15) is 0 Å². The van der Waals surface area contributed by atoms with Crippen LogP contribution in [-0.4, -0.2) is 27.8 Å². The van der Waals surface area contributed by atoms with Gasteiger partial charge in [-0.15, -0.1) is 12.4 Å². The van der Waals surface area contributed by atoms with E-state index in [4.69, 9.17) is 0 Å². The highest BCUT2D eigenvalue weighted by Gasteiger charge is 2.38. The first-order valence-electron chi connectivity index (χ1n) is 7.86. The summed E-state index contributed by atoms with van der Waals surface area (Å²) in [5.74, 6) is 0.0998. The van der Waals surface area contributed by atoms with Crippen molar-refractivity contribution in [3.05, 3.63) is 48.3 Å². The third kappa shape index (κ3) is 3.57. The minimum Gasteiger partial charge on any atom is -0.350 e. The molecule has 1 atom stereocenters. The topological polar surface area (TPSA) is 59.0 Å². The molecule has 1 aromatic carbocycles. The van der Waals surface area contributed by atoms with Gasteiger partial charge in [0.25, 0.3) is 0 Å². The predicted octanol–water partition coefficient (Wildman–Crippen LogP) is 2.44. The molecule has 0 aliphatic carbocycles. The summed E-state index contributed by atoms with van der Waals surface area (Å²) < 4.78 is 1.82. The Balaban J connectivity index is 0.00000192. The number of amides is 1. The number of hydrogen-bond donors (Lipinski definition) is 2. The number of benzene rings is 1. The lowest BCUT2D eigenvalue weighted by Gasteiger charge is -2.26. The fourth-order valence-electron chi connectivity index (χ4n) is 3.10. The number of carbonyl (C=O) groups excluding carboxylic acids is 1. The Morgan fingerprint density at radius 3 is 2.87 bits per heavy atom. The number of nitrogens with zero attached hydrogens (tertiary/aromatic N) is 2. The maximum absolute atomic E-state index is 12.6. The fourth-order valence-corrected chi connectivity index (χ4v) is 3.10. The smallest absolute Gasteiger partial charge is 0.240 e. The molecule has 5 nitrogen and oxygen atoms in total. The summed E-state index contributed by atoms with van der Waals surface area (Å²) in [5, 5.41) is 10.7. The molecular formula is C17H23ClN4O. The van der Waals surface area contributed by atoms with Crippen LogP contribution in [0.1, 0.15) is 31.7 Å². The summed E-state index contributed by atoms with van der Waals surface area (Å²) in [5.41, 5.74) is 1.67. The molecule has 124 valence electrons. The lowest BCUT2D eigenvalue weighted by Crippen LogP contribution is -2.52. The number of carbonyl (C=O) groups is 1. The Kier molecular flexibility index (Phi) is 5.80. The first-order chi connectivity index (χ1) is 10.7. The van der Waals surface area contributed by atoms with Crippen LogP contribution in [0.15, 0.2) is 42.7 Å². The third-order valence-corrected chi connectivity index (χ3v) is 4.46. The van der Waals surface area contributed by atoms with Crippen molar-refractivity contribution in [2.45, 2.75) is 38.3 Å². The molecule has 0 saturated carbocycles. The van der Waals surface area contributed by atoms with Crippen molar-refractivity contribution in [1.82, 2.24) is 20.4 Å². The van der Waals surface area contributed by atoms with E-state index in [0.717, 1.165) is 37.1 Å². The molecule has 1 amide bonds. The van der Waals surface area contributed by atoms with Gasteiger partial charge >= 0.3 is 0 Å². The van der Waals surface area contributed by atoms with Crippen LogP contribution in [0.4, 0.5) is 0 Å². The average Bonchev–Trinajstić information content (AvgIpc) is 3.24. The van der Waals surface area contributed by atoms with E-state index in [-0.39, 0.29) is 23.9 Å². The molecular weight excluding hydrogens is 312 g/mol. The largest absolute Gasteiger partial charge is 0.350 e. The molecule has 1 aromatic heterocycles. The number of halogens is 1. The van der Waals surface area contributed by atoms with Crippen LogP contribution in [0.25, 0.3) is 5.69 Å². The maximum Gasteiger partial charge on any atom is 0.240 e. The van der Waals surface area contributed by atoms with Crippen molar-refractivity contribution >= 4 is 18.3 Å². The van der Waals surface area contributed by atoms with Crippen LogP contribution in [-0.2, 0) is 11.3 Å². The second-order valence-electron chi connectivity index (χ2n) is 5.73. The van der Waals surface area contributed by atoms with Crippen LogP contribution in [0.2, 0.25) is 0 Å². The lowest BCUT2D eigenvalue weighted by molar-refractivity contribution is -0.127. The summed E-state index contributed by atoms with van der Waals surface area (Å²) in [6.45, 7) is 3.50. The molecule has 0 radical (unpaired) electrons. The second kappa shape index (κ2) is 7.62. The molecule has 1 aliphatic heterocycles. The molecule has 23 heavy (non-hydrogen) atoms. The van der Waals surface area contributed by atoms with Gasteiger partial charge in [-0.1, -0.05) is 25.1 Å². The van der Waals surface area contributed by atoms with Gasteiger partial charge in [0.15, 0.2) is 0 Å². The Hall–Kier alpha value is -1.85. The van der Waals surface area contributed by atoms with Crippen molar-refractivity contribution in [2.24, 2.45) is 0 Å². The minimum atomic E-state index is -0.388. The average molecular weight is 335 g/mol. The standard InChI is InChI=1S/C17H22N4O.ClH/c1-2-17(9-5-10-19-17)16(22)18-13-14-7-3-4-8-15(14)21-12-6-11-20-21;/h3-4,6-8,11-12,19H,2,5,9-10,13H2,1H3,(H,18,22);1H. The summed E-state index contributed by atoms with van der Waals surface area (Å²) in [6, 6.07) is 9.89. The molecule has 2 aromatic rings. The normalized spacial score (nSPS) is 20.0. The summed E-state index contributed by atoms with van der Waals surface area (Å²) >= 11 is 0. The van der Waals surface area contributed by atoms with Gasteiger partial charge in [0.2, 0.25) is 5.91 Å². The zero-order chi connectivity index (χ0) is 15.4. The van der Waals surface area contributed by atoms with Gasteiger partial charge in [0, 0.05) is 18.9 Å². The number of rotatable bonds is 5. The van der Waals surface area contributed by atoms with E-state index in [1.807, 2.05) is 41.2 Å². The highest BCUT2D eigenvalue weighted by Crippen LogP contribution is 2.23. The van der Waals surface area contributed by atoms with E-state index in [2.05, 4.69) is 22.7 Å². The number of para-hydroxylation sites is 1. The van der Waals surface area contributed by atoms with E-state index >= 15 is 0 Å². The van der Waals surface area contributed by atoms with E-state index in [1.165, 1.54) is 0 Å². The maximum atomic E-state index is 12.6. The van der Waals surface area contributed by atoms with Gasteiger partial charge in [-0.2, -0.15) is 5.10 Å². The molecule has 1 saturated heterocycles. The van der Waals surface area contributed by atoms with Crippen LogP contribution in [0.5, 0.6) is 0 Å². The van der Waals surface area contributed by atoms with Crippen LogP contribution in [0, 0.1) is 0 Å². The molecule has 1 fully saturated rings. The van der Waals surface area contributed by atoms with Gasteiger partial charge in [-0.25, -0.2) is 4.68 Å². The van der Waals surface area contributed by atoms with E-state index in [0.29, 0.717) is 6.54 Å². The van der Waals surface area contributed by atoms with Gasteiger partial charge in [-0.05, 0) is 43.5 Å². The molecule has 2 heterocycles. The number of nitrogens with one attached hydrogen (secondary N) is 2. The van der Waals surface area contributed by atoms with Crippen LogP contribution >= 0.6 is 12.4 Å². The van der Waals surface area contributed by atoms with Crippen molar-refractivity contribution in [1.29, 1.82) is 0 Å². The quantitative estimate of drug-likeness (QED) is 0.883. The molecule has 1 aliphatic rings. The second-order valence-corrected chi connectivity index (χ2v) is 5.73. The zero-order valence-corrected chi connectivity index (χ0v) is 14.1. The lowest BCUT2D eigenvalue weighted by atomic mass is 9.93. The van der Waals surface area contributed by atoms with Crippen molar-refractivity contribution in [3.8, 4) is 5.69 Å². The Bertz CT molecular complexity index is 636. The molecule has 0 bridgehead atoms. The number of aromatic nitrogens is 2. The highest BCUT2D eigenvalue weighted by molar-refractivity contribution is 5.86. The molecule has 3 rings (SSSR count). The zero-order valence-electron chi connectivity index (χ0n) is 13.3. The van der Waals surface area contributed by atoms with Gasteiger partial charge in [-0.3, -0.25) is 4.79 Å². The van der Waals surface area contributed by atoms with Crippen molar-refractivity contribution in [3.63, 3.8) is 0 Å².